The van der Waals surface area contributed by atoms with E-state index in [0.29, 0.717) is 5.02 Å². The van der Waals surface area contributed by atoms with Crippen LogP contribution in [0.1, 0.15) is 26.3 Å². The van der Waals surface area contributed by atoms with E-state index in [2.05, 4.69) is 0 Å². The molecule has 3 unspecified atom stereocenters. The average Bonchev–Trinajstić information content (AvgIpc) is 2.31. The molecule has 0 fully saturated rings. The smallest absolute Gasteiger partial charge is 0.336 e. The van der Waals surface area contributed by atoms with E-state index in [1.165, 1.54) is 6.92 Å². The van der Waals surface area contributed by atoms with Gasteiger partial charge in [0.05, 0.1) is 12.2 Å². The summed E-state index contributed by atoms with van der Waals surface area (Å²) in [5, 5.41) is 19.4. The van der Waals surface area contributed by atoms with Gasteiger partial charge in [-0.15, -0.1) is 0 Å². The molecule has 0 saturated carbocycles. The predicted octanol–water partition coefficient (Wildman–Crippen LogP) is 2.51. The highest BCUT2D eigenvalue weighted by Crippen LogP contribution is 2.22. The molecule has 0 heterocycles. The molecule has 106 valence electrons. The molecular weight excluding hydrogens is 268 g/mol. The third-order valence-corrected chi connectivity index (χ3v) is 3.28. The highest BCUT2D eigenvalue weighted by atomic mass is 35.5. The number of carboxylic acid groups (broad SMARTS) is 1. The minimum Gasteiger partial charge on any atom is -0.479 e. The Kier molecular flexibility index (Phi) is 5.35. The van der Waals surface area contributed by atoms with Gasteiger partial charge in [-0.25, -0.2) is 4.79 Å². The molecule has 5 heteroatoms. The fourth-order valence-corrected chi connectivity index (χ4v) is 1.79. The van der Waals surface area contributed by atoms with E-state index < -0.39 is 23.8 Å². The summed E-state index contributed by atoms with van der Waals surface area (Å²) in [6.07, 6.45) is -1.09. The van der Waals surface area contributed by atoms with Crippen LogP contribution in [0.2, 0.25) is 5.02 Å². The third-order valence-electron chi connectivity index (χ3n) is 3.03. The van der Waals surface area contributed by atoms with E-state index in [1.54, 1.807) is 38.1 Å². The number of hydrogen-bond donors (Lipinski definition) is 2. The number of halogens is 1. The second kappa shape index (κ2) is 6.37. The largest absolute Gasteiger partial charge is 0.479 e. The van der Waals surface area contributed by atoms with Crippen LogP contribution in [0.4, 0.5) is 0 Å². The molecule has 0 aliphatic rings. The highest BCUT2D eigenvalue weighted by molar-refractivity contribution is 6.30. The summed E-state index contributed by atoms with van der Waals surface area (Å²) < 4.78 is 5.51. The summed E-state index contributed by atoms with van der Waals surface area (Å²) in [6, 6.07) is 6.94. The first-order chi connectivity index (χ1) is 8.74. The lowest BCUT2D eigenvalue weighted by Crippen LogP contribution is -2.45. The van der Waals surface area contributed by atoms with Crippen molar-refractivity contribution in [2.45, 2.75) is 45.0 Å². The molecule has 3 atom stereocenters. The van der Waals surface area contributed by atoms with Crippen LogP contribution in [-0.4, -0.2) is 34.0 Å². The van der Waals surface area contributed by atoms with Crippen molar-refractivity contribution in [2.75, 3.05) is 0 Å². The van der Waals surface area contributed by atoms with Crippen LogP contribution in [0.25, 0.3) is 0 Å². The van der Waals surface area contributed by atoms with Gasteiger partial charge in [0.25, 0.3) is 0 Å². The summed E-state index contributed by atoms with van der Waals surface area (Å²) in [6.45, 7) is 4.71. The van der Waals surface area contributed by atoms with E-state index in [-0.39, 0.29) is 6.42 Å². The molecule has 2 N–H and O–H groups in total. The molecule has 1 aromatic rings. The number of aliphatic carboxylic acids is 1. The number of aliphatic hydroxyl groups is 1. The fraction of sp³-hybridized carbons (Fsp3) is 0.500. The van der Waals surface area contributed by atoms with Gasteiger partial charge in [0.2, 0.25) is 0 Å². The molecule has 0 amide bonds. The van der Waals surface area contributed by atoms with Gasteiger partial charge in [-0.2, -0.15) is 0 Å². The molecule has 1 aromatic carbocycles. The van der Waals surface area contributed by atoms with Gasteiger partial charge in [-0.05, 0) is 38.5 Å². The normalized spacial score (nSPS) is 17.5. The Hall–Kier alpha value is -1.10. The second-order valence-corrected chi connectivity index (χ2v) is 5.34. The maximum Gasteiger partial charge on any atom is 0.336 e. The van der Waals surface area contributed by atoms with Crippen LogP contribution in [-0.2, 0) is 16.0 Å². The van der Waals surface area contributed by atoms with E-state index in [4.69, 9.17) is 16.3 Å². The van der Waals surface area contributed by atoms with Gasteiger partial charge in [-0.3, -0.25) is 0 Å². The number of benzene rings is 1. The van der Waals surface area contributed by atoms with Crippen molar-refractivity contribution in [1.82, 2.24) is 0 Å². The zero-order valence-corrected chi connectivity index (χ0v) is 12.0. The van der Waals surface area contributed by atoms with Crippen LogP contribution in [0.3, 0.4) is 0 Å². The molecule has 0 aliphatic heterocycles. The molecule has 19 heavy (non-hydrogen) atoms. The SMILES string of the molecule is CC(O)C(C)OC(C)(Cc1ccc(Cl)cc1)C(=O)O. The van der Waals surface area contributed by atoms with Crippen molar-refractivity contribution in [1.29, 1.82) is 0 Å². The Morgan fingerprint density at radius 1 is 1.37 bits per heavy atom. The Balaban J connectivity index is 2.87. The monoisotopic (exact) mass is 286 g/mol. The van der Waals surface area contributed by atoms with Crippen molar-refractivity contribution >= 4 is 17.6 Å². The molecular formula is C14H19ClO4. The topological polar surface area (TPSA) is 66.8 Å². The molecule has 0 radical (unpaired) electrons. The van der Waals surface area contributed by atoms with E-state index in [9.17, 15) is 15.0 Å². The third kappa shape index (κ3) is 4.49. The minimum atomic E-state index is -1.38. The number of rotatable bonds is 6. The number of ether oxygens (including phenoxy) is 1. The second-order valence-electron chi connectivity index (χ2n) is 4.90. The van der Waals surface area contributed by atoms with Gasteiger partial charge >= 0.3 is 5.97 Å². The van der Waals surface area contributed by atoms with Crippen molar-refractivity contribution in [2.24, 2.45) is 0 Å². The average molecular weight is 287 g/mol. The lowest BCUT2D eigenvalue weighted by molar-refractivity contribution is -0.176. The van der Waals surface area contributed by atoms with Crippen molar-refractivity contribution < 1.29 is 19.7 Å². The van der Waals surface area contributed by atoms with E-state index in [1.807, 2.05) is 0 Å². The lowest BCUT2D eigenvalue weighted by atomic mass is 9.96. The quantitative estimate of drug-likeness (QED) is 0.843. The molecule has 0 aliphatic carbocycles. The van der Waals surface area contributed by atoms with Gasteiger partial charge in [0, 0.05) is 11.4 Å². The lowest BCUT2D eigenvalue weighted by Gasteiger charge is -2.30. The molecule has 1 rings (SSSR count). The Morgan fingerprint density at radius 3 is 2.32 bits per heavy atom. The summed E-state index contributed by atoms with van der Waals surface area (Å²) in [5.74, 6) is -1.06. The number of carboxylic acids is 1. The van der Waals surface area contributed by atoms with E-state index in [0.717, 1.165) is 5.56 Å². The zero-order chi connectivity index (χ0) is 14.6. The Labute approximate surface area is 118 Å². The molecule has 0 bridgehead atoms. The van der Waals surface area contributed by atoms with Crippen LogP contribution in [0, 0.1) is 0 Å². The molecule has 0 spiro atoms. The Bertz CT molecular complexity index is 430. The van der Waals surface area contributed by atoms with Gasteiger partial charge < -0.3 is 14.9 Å². The van der Waals surface area contributed by atoms with E-state index >= 15 is 0 Å². The number of carbonyl (C=O) groups is 1. The van der Waals surface area contributed by atoms with Crippen molar-refractivity contribution in [3.05, 3.63) is 34.9 Å². The van der Waals surface area contributed by atoms with Gasteiger partial charge in [0.1, 0.15) is 0 Å². The first kappa shape index (κ1) is 16.0. The van der Waals surface area contributed by atoms with Crippen LogP contribution in [0.15, 0.2) is 24.3 Å². The number of aliphatic hydroxyl groups excluding tert-OH is 1. The molecule has 4 nitrogen and oxygen atoms in total. The number of hydrogen-bond acceptors (Lipinski definition) is 3. The molecule has 0 saturated heterocycles. The predicted molar refractivity (Wildman–Crippen MR) is 73.4 cm³/mol. The zero-order valence-electron chi connectivity index (χ0n) is 11.3. The summed E-state index contributed by atoms with van der Waals surface area (Å²) >= 11 is 5.79. The van der Waals surface area contributed by atoms with Crippen LogP contribution < -0.4 is 0 Å². The van der Waals surface area contributed by atoms with Crippen LogP contribution in [0.5, 0.6) is 0 Å². The first-order valence-electron chi connectivity index (χ1n) is 6.08. The summed E-state index contributed by atoms with van der Waals surface area (Å²) in [5.41, 5.74) is -0.573. The standard InChI is InChI=1S/C14H19ClO4/c1-9(16)10(2)19-14(3,13(17)18)8-11-4-6-12(15)7-5-11/h4-7,9-10,16H,8H2,1-3H3,(H,17,18). The Morgan fingerprint density at radius 2 is 1.89 bits per heavy atom. The maximum atomic E-state index is 11.4. The van der Waals surface area contributed by atoms with Gasteiger partial charge in [-0.1, -0.05) is 23.7 Å². The summed E-state index contributed by atoms with van der Waals surface area (Å²) in [4.78, 5) is 11.4. The first-order valence-corrected chi connectivity index (χ1v) is 6.46. The van der Waals surface area contributed by atoms with Crippen molar-refractivity contribution in [3.63, 3.8) is 0 Å². The minimum absolute atomic E-state index is 0.205. The molecule has 0 aromatic heterocycles. The van der Waals surface area contributed by atoms with Gasteiger partial charge in [0.15, 0.2) is 5.60 Å². The fourth-order valence-electron chi connectivity index (χ4n) is 1.67. The maximum absolute atomic E-state index is 11.4. The highest BCUT2D eigenvalue weighted by Gasteiger charge is 2.37. The summed E-state index contributed by atoms with van der Waals surface area (Å²) in [7, 11) is 0. The van der Waals surface area contributed by atoms with Crippen LogP contribution >= 0.6 is 11.6 Å². The van der Waals surface area contributed by atoms with Crippen molar-refractivity contribution in [3.8, 4) is 0 Å².